The van der Waals surface area contributed by atoms with E-state index in [1.807, 2.05) is 55.5 Å². The summed E-state index contributed by atoms with van der Waals surface area (Å²) >= 11 is 4.76. The first-order valence-electron chi connectivity index (χ1n) is 8.39. The van der Waals surface area contributed by atoms with Crippen LogP contribution in [0.25, 0.3) is 11.4 Å². The fraction of sp³-hybridized carbons (Fsp3) is 0.158. The van der Waals surface area contributed by atoms with Crippen molar-refractivity contribution >= 4 is 27.7 Å². The molecule has 0 atom stereocenters. The summed E-state index contributed by atoms with van der Waals surface area (Å²) in [6.07, 6.45) is 0. The topological polar surface area (TPSA) is 87.1 Å². The number of aromatic nitrogens is 4. The van der Waals surface area contributed by atoms with Gasteiger partial charge in [-0.2, -0.15) is 4.98 Å². The van der Waals surface area contributed by atoms with Crippen molar-refractivity contribution < 1.29 is 13.7 Å². The van der Waals surface area contributed by atoms with Crippen molar-refractivity contribution in [3.63, 3.8) is 0 Å². The van der Waals surface area contributed by atoms with Crippen molar-refractivity contribution in [2.75, 3.05) is 0 Å². The minimum Gasteiger partial charge on any atom is -0.484 e. The Morgan fingerprint density at radius 3 is 2.82 bits per heavy atom. The van der Waals surface area contributed by atoms with E-state index in [-0.39, 0.29) is 6.61 Å². The van der Waals surface area contributed by atoms with E-state index < -0.39 is 0 Å². The first-order valence-corrected chi connectivity index (χ1v) is 10.2. The molecule has 0 radical (unpaired) electrons. The van der Waals surface area contributed by atoms with Crippen LogP contribution in [-0.2, 0) is 12.4 Å². The lowest BCUT2D eigenvalue weighted by Crippen LogP contribution is -1.95. The normalized spacial score (nSPS) is 10.9. The Morgan fingerprint density at radius 2 is 1.96 bits per heavy atom. The molecule has 0 N–H and O–H groups in total. The zero-order valence-corrected chi connectivity index (χ0v) is 17.2. The van der Waals surface area contributed by atoms with Crippen LogP contribution in [0.2, 0.25) is 0 Å². The maximum Gasteiger partial charge on any atom is 0.277 e. The third-order valence-electron chi connectivity index (χ3n) is 3.67. The molecule has 2 aromatic carbocycles. The molecule has 0 saturated heterocycles. The van der Waals surface area contributed by atoms with Gasteiger partial charge in [0.2, 0.25) is 11.7 Å². The van der Waals surface area contributed by atoms with Crippen molar-refractivity contribution in [3.8, 4) is 17.1 Å². The van der Waals surface area contributed by atoms with Crippen molar-refractivity contribution in [2.24, 2.45) is 0 Å². The molecular weight excluding hydrogens is 444 g/mol. The first kappa shape index (κ1) is 18.7. The highest BCUT2D eigenvalue weighted by Gasteiger charge is 2.13. The minimum atomic E-state index is 0.213. The van der Waals surface area contributed by atoms with Gasteiger partial charge < -0.3 is 13.7 Å². The average Bonchev–Trinajstić information content (AvgIpc) is 3.34. The number of thioether (sulfide) groups is 1. The molecule has 0 saturated carbocycles. The molecule has 2 aromatic heterocycles. The van der Waals surface area contributed by atoms with Gasteiger partial charge in [0, 0.05) is 10.0 Å². The van der Waals surface area contributed by atoms with E-state index >= 15 is 0 Å². The number of halogens is 1. The van der Waals surface area contributed by atoms with Gasteiger partial charge in [-0.05, 0) is 36.8 Å². The lowest BCUT2D eigenvalue weighted by molar-refractivity contribution is 0.252. The minimum absolute atomic E-state index is 0.213. The molecule has 2 heterocycles. The van der Waals surface area contributed by atoms with E-state index in [9.17, 15) is 0 Å². The van der Waals surface area contributed by atoms with Crippen LogP contribution in [0.4, 0.5) is 0 Å². The third-order valence-corrected chi connectivity index (χ3v) is 4.97. The smallest absolute Gasteiger partial charge is 0.277 e. The fourth-order valence-electron chi connectivity index (χ4n) is 2.39. The lowest BCUT2D eigenvalue weighted by atomic mass is 10.2. The van der Waals surface area contributed by atoms with Gasteiger partial charge in [0.1, 0.15) is 5.75 Å². The van der Waals surface area contributed by atoms with E-state index in [0.29, 0.717) is 28.6 Å². The van der Waals surface area contributed by atoms with Gasteiger partial charge in [0.15, 0.2) is 6.61 Å². The summed E-state index contributed by atoms with van der Waals surface area (Å²) in [5.74, 6) is 2.62. The molecule has 0 aliphatic heterocycles. The summed E-state index contributed by atoms with van der Waals surface area (Å²) in [5, 5.41) is 12.4. The van der Waals surface area contributed by atoms with Crippen molar-refractivity contribution in [2.45, 2.75) is 24.5 Å². The van der Waals surface area contributed by atoms with E-state index in [1.165, 1.54) is 11.8 Å². The first-order chi connectivity index (χ1) is 13.7. The second-order valence-electron chi connectivity index (χ2n) is 5.88. The highest BCUT2D eigenvalue weighted by atomic mass is 79.9. The van der Waals surface area contributed by atoms with Gasteiger partial charge in [-0.1, -0.05) is 57.1 Å². The number of rotatable bonds is 7. The second kappa shape index (κ2) is 8.57. The highest BCUT2D eigenvalue weighted by molar-refractivity contribution is 9.10. The molecular formula is C19H15BrN4O3S. The largest absolute Gasteiger partial charge is 0.484 e. The molecule has 0 amide bonds. The monoisotopic (exact) mass is 458 g/mol. The third kappa shape index (κ3) is 4.79. The van der Waals surface area contributed by atoms with Gasteiger partial charge in [-0.25, -0.2) is 0 Å². The van der Waals surface area contributed by atoms with Gasteiger partial charge in [0.25, 0.3) is 11.1 Å². The molecule has 9 heteroatoms. The molecule has 0 spiro atoms. The Labute approximate surface area is 173 Å². The summed E-state index contributed by atoms with van der Waals surface area (Å²) in [5.41, 5.74) is 2.00. The van der Waals surface area contributed by atoms with Crippen LogP contribution in [0.1, 0.15) is 17.3 Å². The zero-order valence-electron chi connectivity index (χ0n) is 14.8. The Morgan fingerprint density at radius 1 is 1.07 bits per heavy atom. The zero-order chi connectivity index (χ0) is 19.3. The summed E-state index contributed by atoms with van der Waals surface area (Å²) < 4.78 is 17.5. The molecule has 4 aromatic rings. The molecule has 0 aliphatic carbocycles. The summed E-state index contributed by atoms with van der Waals surface area (Å²) in [6.45, 7) is 2.22. The maximum atomic E-state index is 5.66. The molecule has 0 bridgehead atoms. The molecule has 0 fully saturated rings. The molecule has 142 valence electrons. The Balaban J connectivity index is 1.32. The average molecular weight is 459 g/mol. The number of benzene rings is 2. The van der Waals surface area contributed by atoms with Crippen LogP contribution in [-0.4, -0.2) is 20.3 Å². The van der Waals surface area contributed by atoms with E-state index in [2.05, 4.69) is 36.3 Å². The fourth-order valence-corrected chi connectivity index (χ4v) is 3.40. The van der Waals surface area contributed by atoms with E-state index in [0.717, 1.165) is 21.3 Å². The van der Waals surface area contributed by atoms with Crippen LogP contribution in [0, 0.1) is 6.92 Å². The van der Waals surface area contributed by atoms with Crippen LogP contribution >= 0.6 is 27.7 Å². The standard InChI is InChI=1S/C19H15BrN4O3S/c1-12-4-2-7-15(8-12)25-10-16-22-23-19(26-16)28-11-17-21-18(24-27-17)13-5-3-6-14(20)9-13/h2-9H,10-11H2,1H3. The van der Waals surface area contributed by atoms with Crippen LogP contribution < -0.4 is 4.74 Å². The number of hydrogen-bond donors (Lipinski definition) is 0. The van der Waals surface area contributed by atoms with Crippen LogP contribution in [0.3, 0.4) is 0 Å². The highest BCUT2D eigenvalue weighted by Crippen LogP contribution is 2.24. The SMILES string of the molecule is Cc1cccc(OCc2nnc(SCc3nc(-c4cccc(Br)c4)no3)o2)c1. The number of nitrogens with zero attached hydrogens (tertiary/aromatic N) is 4. The second-order valence-corrected chi connectivity index (χ2v) is 7.72. The van der Waals surface area contributed by atoms with Gasteiger partial charge in [-0.3, -0.25) is 0 Å². The Hall–Kier alpha value is -2.65. The van der Waals surface area contributed by atoms with Gasteiger partial charge in [0.05, 0.1) is 5.75 Å². The summed E-state index contributed by atoms with van der Waals surface area (Å²) in [4.78, 5) is 4.39. The molecule has 0 unspecified atom stereocenters. The molecule has 7 nitrogen and oxygen atoms in total. The molecule has 28 heavy (non-hydrogen) atoms. The number of hydrogen-bond acceptors (Lipinski definition) is 8. The predicted molar refractivity (Wildman–Crippen MR) is 107 cm³/mol. The Bertz CT molecular complexity index is 1080. The summed E-state index contributed by atoms with van der Waals surface area (Å²) in [7, 11) is 0. The maximum absolute atomic E-state index is 5.66. The van der Waals surface area contributed by atoms with E-state index in [1.54, 1.807) is 0 Å². The van der Waals surface area contributed by atoms with E-state index in [4.69, 9.17) is 13.7 Å². The van der Waals surface area contributed by atoms with Gasteiger partial charge in [-0.15, -0.1) is 10.2 Å². The molecule has 4 rings (SSSR count). The van der Waals surface area contributed by atoms with Crippen molar-refractivity contribution in [3.05, 3.63) is 70.3 Å². The van der Waals surface area contributed by atoms with Crippen LogP contribution in [0.5, 0.6) is 5.75 Å². The summed E-state index contributed by atoms with van der Waals surface area (Å²) in [6, 6.07) is 15.5. The predicted octanol–water partition coefficient (Wildman–Crippen LogP) is 5.06. The quantitative estimate of drug-likeness (QED) is 0.355. The number of aryl methyl sites for hydroxylation is 1. The van der Waals surface area contributed by atoms with Crippen molar-refractivity contribution in [1.29, 1.82) is 0 Å². The van der Waals surface area contributed by atoms with Crippen LogP contribution in [0.15, 0.2) is 67.2 Å². The Kier molecular flexibility index (Phi) is 5.73. The van der Waals surface area contributed by atoms with Crippen molar-refractivity contribution in [1.82, 2.24) is 20.3 Å². The molecule has 0 aliphatic rings. The van der Waals surface area contributed by atoms with Gasteiger partial charge >= 0.3 is 0 Å². The lowest BCUT2D eigenvalue weighted by Gasteiger charge is -2.03. The number of ether oxygens (including phenoxy) is 1.